The number of rotatable bonds is 7. The molecule has 0 aliphatic rings. The summed E-state index contributed by atoms with van der Waals surface area (Å²) < 4.78 is 0. The van der Waals surface area contributed by atoms with Crippen molar-refractivity contribution in [2.75, 3.05) is 13.6 Å². The lowest BCUT2D eigenvalue weighted by atomic mass is 10.0. The second kappa shape index (κ2) is 8.64. The Morgan fingerprint density at radius 2 is 2.00 bits per heavy atom. The lowest BCUT2D eigenvalue weighted by Crippen LogP contribution is -2.28. The number of carbonyl (C=O) groups excluding carboxylic acids is 1. The topological polar surface area (TPSA) is 65.2 Å². The molecule has 0 saturated carbocycles. The third kappa shape index (κ3) is 4.24. The van der Waals surface area contributed by atoms with Gasteiger partial charge in [-0.1, -0.05) is 13.8 Å². The highest BCUT2D eigenvalue weighted by Crippen LogP contribution is 2.33. The van der Waals surface area contributed by atoms with Gasteiger partial charge in [0.25, 0.3) is 11.5 Å². The summed E-state index contributed by atoms with van der Waals surface area (Å²) >= 11 is 1.64. The number of aromatic amines is 1. The fourth-order valence-electron chi connectivity index (χ4n) is 3.27. The summed E-state index contributed by atoms with van der Waals surface area (Å²) in [4.78, 5) is 31.1. The van der Waals surface area contributed by atoms with Gasteiger partial charge in [0.15, 0.2) is 0 Å². The highest BCUT2D eigenvalue weighted by molar-refractivity contribution is 7.10. The number of thiophene rings is 1. The maximum Gasteiger partial charge on any atom is 0.253 e. The molecular formula is C20H29N3O2S. The Morgan fingerprint density at radius 1 is 1.31 bits per heavy atom. The van der Waals surface area contributed by atoms with Crippen LogP contribution in [0.5, 0.6) is 0 Å². The van der Waals surface area contributed by atoms with Crippen molar-refractivity contribution in [3.63, 3.8) is 0 Å². The van der Waals surface area contributed by atoms with Crippen LogP contribution in [0.3, 0.4) is 0 Å². The number of aromatic nitrogens is 1. The maximum atomic E-state index is 12.7. The van der Waals surface area contributed by atoms with Gasteiger partial charge in [-0.3, -0.25) is 14.5 Å². The minimum absolute atomic E-state index is 0.127. The van der Waals surface area contributed by atoms with E-state index >= 15 is 0 Å². The van der Waals surface area contributed by atoms with Gasteiger partial charge in [-0.2, -0.15) is 0 Å². The molecule has 5 nitrogen and oxygen atoms in total. The molecule has 142 valence electrons. The van der Waals surface area contributed by atoms with E-state index in [1.54, 1.807) is 11.3 Å². The van der Waals surface area contributed by atoms with Crippen LogP contribution >= 0.6 is 11.3 Å². The highest BCUT2D eigenvalue weighted by Gasteiger charge is 2.22. The van der Waals surface area contributed by atoms with Gasteiger partial charge in [-0.05, 0) is 58.0 Å². The fourth-order valence-corrected chi connectivity index (χ4v) is 4.59. The number of hydrogen-bond acceptors (Lipinski definition) is 4. The summed E-state index contributed by atoms with van der Waals surface area (Å²) in [6.45, 7) is 11.3. The SMILES string of the molecule is CCC(c1scc(C(=O)NCc2c(C)cc(C)[nH]c2=O)c1C)N(C)CC. The Balaban J connectivity index is 2.18. The number of nitrogens with zero attached hydrogens (tertiary/aromatic N) is 1. The van der Waals surface area contributed by atoms with E-state index in [4.69, 9.17) is 0 Å². The second-order valence-electron chi connectivity index (χ2n) is 6.76. The third-order valence-electron chi connectivity index (χ3n) is 4.96. The van der Waals surface area contributed by atoms with E-state index in [1.165, 1.54) is 4.88 Å². The molecule has 2 heterocycles. The van der Waals surface area contributed by atoms with Gasteiger partial charge in [0.2, 0.25) is 0 Å². The molecule has 0 saturated heterocycles. The summed E-state index contributed by atoms with van der Waals surface area (Å²) in [5, 5.41) is 4.83. The van der Waals surface area contributed by atoms with E-state index < -0.39 is 0 Å². The number of carbonyl (C=O) groups is 1. The van der Waals surface area contributed by atoms with E-state index in [2.05, 4.69) is 36.1 Å². The zero-order valence-electron chi connectivity index (χ0n) is 16.5. The molecule has 1 unspecified atom stereocenters. The first-order chi connectivity index (χ1) is 12.3. The number of amides is 1. The molecule has 0 aliphatic heterocycles. The smallest absolute Gasteiger partial charge is 0.253 e. The predicted octanol–water partition coefficient (Wildman–Crippen LogP) is 3.69. The minimum Gasteiger partial charge on any atom is -0.348 e. The van der Waals surface area contributed by atoms with Crippen molar-refractivity contribution in [3.05, 3.63) is 54.6 Å². The Kier molecular flexibility index (Phi) is 6.78. The molecular weight excluding hydrogens is 346 g/mol. The number of nitrogens with one attached hydrogen (secondary N) is 2. The Morgan fingerprint density at radius 3 is 2.58 bits per heavy atom. The monoisotopic (exact) mass is 375 g/mol. The summed E-state index contributed by atoms with van der Waals surface area (Å²) in [5.41, 5.74) is 3.93. The molecule has 0 aliphatic carbocycles. The minimum atomic E-state index is -0.138. The number of pyridine rings is 1. The summed E-state index contributed by atoms with van der Waals surface area (Å²) in [5.74, 6) is -0.127. The quantitative estimate of drug-likeness (QED) is 0.776. The van der Waals surface area contributed by atoms with Gasteiger partial charge in [0, 0.05) is 34.1 Å². The summed E-state index contributed by atoms with van der Waals surface area (Å²) in [6.07, 6.45) is 1.00. The Labute approximate surface area is 159 Å². The van der Waals surface area contributed by atoms with Crippen molar-refractivity contribution in [2.24, 2.45) is 0 Å². The molecule has 1 atom stereocenters. The molecule has 2 aromatic rings. The Bertz CT molecular complexity index is 838. The lowest BCUT2D eigenvalue weighted by Gasteiger charge is -2.25. The van der Waals surface area contributed by atoms with Gasteiger partial charge in [-0.15, -0.1) is 11.3 Å². The first kappa shape index (κ1) is 20.4. The number of hydrogen-bond donors (Lipinski definition) is 2. The molecule has 2 N–H and O–H groups in total. The molecule has 0 fully saturated rings. The standard InChI is InChI=1S/C20H29N3O2S/c1-7-17(23(6)8-2)18-14(5)16(11-26-18)19(24)21-10-15-12(3)9-13(4)22-20(15)25/h9,11,17H,7-8,10H2,1-6H3,(H,21,24)(H,22,25). The molecule has 0 bridgehead atoms. The van der Waals surface area contributed by atoms with Crippen LogP contribution in [0.15, 0.2) is 16.2 Å². The molecule has 2 aromatic heterocycles. The average Bonchev–Trinajstić information content (AvgIpc) is 2.95. The van der Waals surface area contributed by atoms with Crippen LogP contribution in [0.4, 0.5) is 0 Å². The van der Waals surface area contributed by atoms with Crippen molar-refractivity contribution >= 4 is 17.2 Å². The van der Waals surface area contributed by atoms with E-state index in [0.29, 0.717) is 17.2 Å². The molecule has 0 spiro atoms. The van der Waals surface area contributed by atoms with Crippen molar-refractivity contribution in [3.8, 4) is 0 Å². The van der Waals surface area contributed by atoms with Crippen molar-refractivity contribution < 1.29 is 4.79 Å². The first-order valence-electron chi connectivity index (χ1n) is 9.05. The van der Waals surface area contributed by atoms with Crippen molar-refractivity contribution in [1.82, 2.24) is 15.2 Å². The van der Waals surface area contributed by atoms with Gasteiger partial charge >= 0.3 is 0 Å². The van der Waals surface area contributed by atoms with Crippen molar-refractivity contribution in [2.45, 2.75) is 53.6 Å². The Hall–Kier alpha value is -1.92. The van der Waals surface area contributed by atoms with E-state index in [-0.39, 0.29) is 18.0 Å². The molecule has 26 heavy (non-hydrogen) atoms. The van der Waals surface area contributed by atoms with E-state index in [1.807, 2.05) is 32.2 Å². The normalized spacial score (nSPS) is 12.4. The highest BCUT2D eigenvalue weighted by atomic mass is 32.1. The summed E-state index contributed by atoms with van der Waals surface area (Å²) in [7, 11) is 2.11. The summed E-state index contributed by atoms with van der Waals surface area (Å²) in [6, 6.07) is 2.25. The average molecular weight is 376 g/mol. The van der Waals surface area contributed by atoms with Crippen LogP contribution in [0.2, 0.25) is 0 Å². The van der Waals surface area contributed by atoms with Gasteiger partial charge in [0.05, 0.1) is 5.56 Å². The largest absolute Gasteiger partial charge is 0.348 e. The zero-order valence-corrected chi connectivity index (χ0v) is 17.3. The number of aryl methyl sites for hydroxylation is 2. The van der Waals surface area contributed by atoms with Crippen molar-refractivity contribution in [1.29, 1.82) is 0 Å². The number of H-pyrrole nitrogens is 1. The van der Waals surface area contributed by atoms with Gasteiger partial charge in [-0.25, -0.2) is 0 Å². The van der Waals surface area contributed by atoms with E-state index in [9.17, 15) is 9.59 Å². The van der Waals surface area contributed by atoms with Crippen LogP contribution in [0.25, 0.3) is 0 Å². The molecule has 0 radical (unpaired) electrons. The third-order valence-corrected chi connectivity index (χ3v) is 6.15. The molecule has 0 aromatic carbocycles. The fraction of sp³-hybridized carbons (Fsp3) is 0.500. The molecule has 6 heteroatoms. The van der Waals surface area contributed by atoms with E-state index in [0.717, 1.165) is 29.8 Å². The lowest BCUT2D eigenvalue weighted by molar-refractivity contribution is 0.0950. The first-order valence-corrected chi connectivity index (χ1v) is 9.93. The maximum absolute atomic E-state index is 12.7. The van der Waals surface area contributed by atoms with Gasteiger partial charge < -0.3 is 10.3 Å². The van der Waals surface area contributed by atoms with Crippen LogP contribution in [0, 0.1) is 20.8 Å². The van der Waals surface area contributed by atoms with Gasteiger partial charge in [0.1, 0.15) is 0 Å². The van der Waals surface area contributed by atoms with Crippen LogP contribution in [-0.4, -0.2) is 29.4 Å². The molecule has 1 amide bonds. The second-order valence-corrected chi connectivity index (χ2v) is 7.67. The predicted molar refractivity (Wildman–Crippen MR) is 108 cm³/mol. The van der Waals surface area contributed by atoms with Crippen LogP contribution < -0.4 is 10.9 Å². The van der Waals surface area contributed by atoms with Crippen LogP contribution in [-0.2, 0) is 6.54 Å². The zero-order chi connectivity index (χ0) is 19.4. The van der Waals surface area contributed by atoms with Crippen LogP contribution in [0.1, 0.15) is 63.9 Å². The molecule has 2 rings (SSSR count).